The van der Waals surface area contributed by atoms with Gasteiger partial charge in [0.05, 0.1) is 18.1 Å². The van der Waals surface area contributed by atoms with E-state index in [9.17, 15) is 20.0 Å². The van der Waals surface area contributed by atoms with E-state index < -0.39 is 22.5 Å². The van der Waals surface area contributed by atoms with E-state index >= 15 is 0 Å². The minimum absolute atomic E-state index is 0. The van der Waals surface area contributed by atoms with E-state index in [1.54, 1.807) is 43.5 Å². The number of nitro benzene ring substituents is 1. The molecular weight excluding hydrogens is 518 g/mol. The van der Waals surface area contributed by atoms with Gasteiger partial charge in [-0.2, -0.15) is 0 Å². The summed E-state index contributed by atoms with van der Waals surface area (Å²) >= 11 is 0. The summed E-state index contributed by atoms with van der Waals surface area (Å²) in [7, 11) is 1.58. The lowest BCUT2D eigenvalue weighted by Gasteiger charge is -2.36. The van der Waals surface area contributed by atoms with Crippen molar-refractivity contribution in [1.29, 1.82) is 0 Å². The summed E-state index contributed by atoms with van der Waals surface area (Å²) in [4.78, 5) is 31.1. The van der Waals surface area contributed by atoms with Crippen LogP contribution in [-0.2, 0) is 16.9 Å². The molecule has 0 bridgehead atoms. The zero-order valence-corrected chi connectivity index (χ0v) is 21.8. The van der Waals surface area contributed by atoms with Crippen molar-refractivity contribution in [2.45, 2.75) is 18.1 Å². The monoisotopic (exact) mass is 543 g/mol. The average Bonchev–Trinajstić information content (AvgIpc) is 3.30. The Hall–Kier alpha value is -4.69. The quantitative estimate of drug-likeness (QED) is 0.215. The van der Waals surface area contributed by atoms with Gasteiger partial charge in [-0.3, -0.25) is 10.1 Å². The zero-order valence-electron chi connectivity index (χ0n) is 21.0. The van der Waals surface area contributed by atoms with Crippen LogP contribution < -0.4 is 4.74 Å². The molecule has 0 amide bonds. The number of benzene rings is 4. The molecule has 1 aliphatic rings. The highest BCUT2D eigenvalue weighted by Gasteiger charge is 2.56. The van der Waals surface area contributed by atoms with Gasteiger partial charge in [0.1, 0.15) is 11.6 Å². The van der Waals surface area contributed by atoms with Crippen LogP contribution in [0.2, 0.25) is 0 Å². The summed E-state index contributed by atoms with van der Waals surface area (Å²) in [6.45, 7) is 0.370. The molecule has 0 aliphatic carbocycles. The lowest BCUT2D eigenvalue weighted by atomic mass is 9.79. The minimum Gasteiger partial charge on any atom is -0.497 e. The first-order valence-corrected chi connectivity index (χ1v) is 12.0. The third-order valence-corrected chi connectivity index (χ3v) is 6.77. The number of rotatable bonds is 8. The molecule has 1 heterocycles. The molecule has 1 aliphatic heterocycles. The molecule has 0 saturated heterocycles. The number of hydrogen-bond acceptors (Lipinski definition) is 6. The van der Waals surface area contributed by atoms with Crippen molar-refractivity contribution in [1.82, 2.24) is 4.90 Å². The third kappa shape index (κ3) is 5.06. The number of nitro groups is 1. The molecule has 1 N–H and O–H groups in total. The number of aliphatic carboxylic acids is 1. The Morgan fingerprint density at radius 3 is 2.08 bits per heavy atom. The molecule has 0 spiro atoms. The minimum atomic E-state index is -1.71. The molecule has 0 saturated carbocycles. The highest BCUT2D eigenvalue weighted by Crippen LogP contribution is 2.49. The van der Waals surface area contributed by atoms with Crippen molar-refractivity contribution in [3.05, 3.63) is 142 Å². The van der Waals surface area contributed by atoms with Crippen molar-refractivity contribution in [3.63, 3.8) is 0 Å². The molecule has 0 aromatic heterocycles. The smallest absolute Gasteiger partial charge is 0.338 e. The van der Waals surface area contributed by atoms with Gasteiger partial charge in [0.15, 0.2) is 0 Å². The highest BCUT2D eigenvalue weighted by molar-refractivity contribution is 6.04. The van der Waals surface area contributed by atoms with Crippen molar-refractivity contribution in [2.75, 3.05) is 7.11 Å². The maximum absolute atomic E-state index is 13.3. The zero-order chi connectivity index (χ0) is 26.7. The Morgan fingerprint density at radius 1 is 0.949 bits per heavy atom. The van der Waals surface area contributed by atoms with Gasteiger partial charge in [-0.25, -0.2) is 9.79 Å². The van der Waals surface area contributed by atoms with Crippen LogP contribution in [0.5, 0.6) is 5.75 Å². The summed E-state index contributed by atoms with van der Waals surface area (Å²) in [6, 6.07) is 31.2. The molecular formula is C30H26ClN3O5. The number of carboxylic acid groups (broad SMARTS) is 1. The summed E-state index contributed by atoms with van der Waals surface area (Å²) in [5.41, 5.74) is 1.03. The number of halogens is 1. The molecule has 39 heavy (non-hydrogen) atoms. The van der Waals surface area contributed by atoms with Crippen LogP contribution >= 0.6 is 12.4 Å². The first-order chi connectivity index (χ1) is 18.4. The van der Waals surface area contributed by atoms with Gasteiger partial charge in [-0.1, -0.05) is 72.8 Å². The van der Waals surface area contributed by atoms with E-state index in [0.29, 0.717) is 29.3 Å². The Morgan fingerprint density at radius 2 is 1.54 bits per heavy atom. The van der Waals surface area contributed by atoms with E-state index in [0.717, 1.165) is 11.1 Å². The van der Waals surface area contributed by atoms with E-state index in [1.165, 1.54) is 12.1 Å². The van der Waals surface area contributed by atoms with Gasteiger partial charge in [0.25, 0.3) is 5.69 Å². The van der Waals surface area contributed by atoms with Crippen molar-refractivity contribution in [3.8, 4) is 5.75 Å². The number of nitrogens with zero attached hydrogens (tertiary/aromatic N) is 3. The van der Waals surface area contributed by atoms with Crippen molar-refractivity contribution < 1.29 is 19.6 Å². The maximum Gasteiger partial charge on any atom is 0.338 e. The Balaban J connectivity index is 0.00000353. The van der Waals surface area contributed by atoms with Crippen LogP contribution in [0.1, 0.15) is 28.3 Å². The lowest BCUT2D eigenvalue weighted by Crippen LogP contribution is -2.43. The summed E-state index contributed by atoms with van der Waals surface area (Å²) < 4.78 is 5.32. The predicted molar refractivity (Wildman–Crippen MR) is 150 cm³/mol. The maximum atomic E-state index is 13.3. The van der Waals surface area contributed by atoms with E-state index in [4.69, 9.17) is 9.73 Å². The highest BCUT2D eigenvalue weighted by atomic mass is 35.5. The van der Waals surface area contributed by atoms with Crippen LogP contribution in [0.3, 0.4) is 0 Å². The summed E-state index contributed by atoms with van der Waals surface area (Å²) in [5, 5.41) is 22.2. The van der Waals surface area contributed by atoms with Crippen LogP contribution in [0.4, 0.5) is 5.69 Å². The number of carbonyl (C=O) groups is 1. The van der Waals surface area contributed by atoms with Crippen molar-refractivity contribution >= 4 is 29.9 Å². The van der Waals surface area contributed by atoms with E-state index in [1.807, 2.05) is 65.6 Å². The fourth-order valence-electron chi connectivity index (χ4n) is 4.96. The molecule has 0 unspecified atom stereocenters. The first-order valence-electron chi connectivity index (χ1n) is 12.0. The Bertz CT molecular complexity index is 1480. The topological polar surface area (TPSA) is 105 Å². The number of aliphatic imine (C=N–C) groups is 1. The first kappa shape index (κ1) is 27.3. The number of ether oxygens (including phenoxy) is 1. The summed E-state index contributed by atoms with van der Waals surface area (Å²) in [5.74, 6) is 0.0566. The normalized spacial score (nSPS) is 18.1. The van der Waals surface area contributed by atoms with Gasteiger partial charge in [0, 0.05) is 24.2 Å². The second-order valence-corrected chi connectivity index (χ2v) is 8.97. The van der Waals surface area contributed by atoms with E-state index in [2.05, 4.69) is 0 Å². The lowest BCUT2D eigenvalue weighted by molar-refractivity contribution is -0.384. The standard InChI is InChI=1S/C30H25N3O5.ClH/c1-38-26-18-14-23(15-19-26)28-31-30(29(34)35,24-10-6-3-7-11-24)27(22-12-16-25(17-13-22)33(36)37)32(28)20-21-8-4-2-5-9-21;/h2-19,27H,20H2,1H3,(H,34,35);1H/t27-,30-;/m1./s1. The second-order valence-electron chi connectivity index (χ2n) is 8.97. The van der Waals surface area contributed by atoms with E-state index in [-0.39, 0.29) is 18.1 Å². The summed E-state index contributed by atoms with van der Waals surface area (Å²) in [6.07, 6.45) is 0. The second kappa shape index (κ2) is 11.4. The Kier molecular flexibility index (Phi) is 7.97. The van der Waals surface area contributed by atoms with Gasteiger partial charge < -0.3 is 14.7 Å². The van der Waals surface area contributed by atoms with Crippen LogP contribution in [0, 0.1) is 10.1 Å². The molecule has 198 valence electrons. The number of methoxy groups -OCH3 is 1. The Labute approximate surface area is 231 Å². The van der Waals surface area contributed by atoms with Gasteiger partial charge in [-0.15, -0.1) is 12.4 Å². The largest absolute Gasteiger partial charge is 0.497 e. The number of carboxylic acids is 1. The molecule has 5 rings (SSSR count). The van der Waals surface area contributed by atoms with Gasteiger partial charge >= 0.3 is 5.97 Å². The molecule has 4 aromatic rings. The van der Waals surface area contributed by atoms with Crippen LogP contribution in [-0.4, -0.2) is 33.8 Å². The third-order valence-electron chi connectivity index (χ3n) is 6.77. The number of hydrogen-bond donors (Lipinski definition) is 1. The number of amidine groups is 1. The fraction of sp³-hybridized carbons (Fsp3) is 0.133. The van der Waals surface area contributed by atoms with Gasteiger partial charge in [-0.05, 0) is 41.0 Å². The molecule has 8 nitrogen and oxygen atoms in total. The molecule has 0 radical (unpaired) electrons. The van der Waals surface area contributed by atoms with Gasteiger partial charge in [0.2, 0.25) is 5.54 Å². The van der Waals surface area contributed by atoms with Crippen LogP contribution in [0.15, 0.2) is 114 Å². The number of non-ortho nitro benzene ring substituents is 1. The average molecular weight is 544 g/mol. The molecule has 2 atom stereocenters. The predicted octanol–water partition coefficient (Wildman–Crippen LogP) is 6.01. The molecule has 4 aromatic carbocycles. The van der Waals surface area contributed by atoms with Crippen LogP contribution in [0.25, 0.3) is 0 Å². The molecule has 9 heteroatoms. The molecule has 0 fully saturated rings. The fourth-order valence-corrected chi connectivity index (χ4v) is 4.96. The SMILES string of the molecule is COc1ccc(C2=N[C@](C(=O)O)(c3ccccc3)[C@@H](c3ccc([N+](=O)[O-])cc3)N2Cc2ccccc2)cc1.Cl. The van der Waals surface area contributed by atoms with Crippen molar-refractivity contribution in [2.24, 2.45) is 4.99 Å².